The van der Waals surface area contributed by atoms with Gasteiger partial charge in [-0.25, -0.2) is 4.90 Å². The molecule has 0 fully saturated rings. The van der Waals surface area contributed by atoms with Crippen LogP contribution in [0, 0.1) is 6.92 Å². The number of imide groups is 1. The van der Waals surface area contributed by atoms with Crippen LogP contribution in [0.5, 0.6) is 0 Å². The molecule has 0 N–H and O–H groups in total. The number of hydrogen-bond donors (Lipinski definition) is 0. The van der Waals surface area contributed by atoms with Gasteiger partial charge in [0.25, 0.3) is 11.8 Å². The Morgan fingerprint density at radius 2 is 1.58 bits per heavy atom. The minimum absolute atomic E-state index is 0.288. The van der Waals surface area contributed by atoms with E-state index in [1.807, 2.05) is 60.4 Å². The zero-order valence-corrected chi connectivity index (χ0v) is 18.2. The van der Waals surface area contributed by atoms with E-state index in [0.29, 0.717) is 28.4 Å². The van der Waals surface area contributed by atoms with Crippen molar-refractivity contribution in [2.45, 2.75) is 13.3 Å². The molecule has 0 atom stereocenters. The minimum atomic E-state index is -0.405. The average Bonchev–Trinajstić information content (AvgIpc) is 3.29. The first-order chi connectivity index (χ1) is 15.0. The number of carbonyl (C=O) groups excluding carboxylic acids is 2. The Morgan fingerprint density at radius 1 is 0.839 bits per heavy atom. The Kier molecular flexibility index (Phi) is 4.84. The van der Waals surface area contributed by atoms with Gasteiger partial charge in [-0.2, -0.15) is 0 Å². The number of carbonyl (C=O) groups is 2. The lowest BCUT2D eigenvalue weighted by Gasteiger charge is -2.22. The van der Waals surface area contributed by atoms with Crippen LogP contribution in [0.25, 0.3) is 5.57 Å². The molecule has 0 unspecified atom stereocenters. The quantitative estimate of drug-likeness (QED) is 0.486. The highest BCUT2D eigenvalue weighted by Gasteiger charge is 2.44. The molecule has 5 rings (SSSR count). The summed E-state index contributed by atoms with van der Waals surface area (Å²) in [5.74, 6) is -0.807. The molecule has 0 saturated carbocycles. The van der Waals surface area contributed by atoms with Gasteiger partial charge in [-0.1, -0.05) is 71.2 Å². The lowest BCUT2D eigenvalue weighted by atomic mass is 10.0. The van der Waals surface area contributed by atoms with Gasteiger partial charge in [0.2, 0.25) is 0 Å². The predicted octanol–water partition coefficient (Wildman–Crippen LogP) is 5.65. The Balaban J connectivity index is 1.71. The fourth-order valence-corrected chi connectivity index (χ4v) is 4.56. The van der Waals surface area contributed by atoms with E-state index in [1.165, 1.54) is 0 Å². The van der Waals surface area contributed by atoms with E-state index < -0.39 is 11.8 Å². The molecule has 3 aromatic carbocycles. The summed E-state index contributed by atoms with van der Waals surface area (Å²) in [7, 11) is 0. The second-order valence-corrected chi connectivity index (χ2v) is 8.51. The van der Waals surface area contributed by atoms with Crippen LogP contribution in [0.3, 0.4) is 0 Å². The monoisotopic (exact) mass is 448 g/mol. The maximum absolute atomic E-state index is 13.7. The molecule has 0 saturated heterocycles. The van der Waals surface area contributed by atoms with Gasteiger partial charge in [0.1, 0.15) is 5.70 Å². The first kappa shape index (κ1) is 19.9. The smallest absolute Gasteiger partial charge is 0.282 e. The molecule has 0 radical (unpaired) electrons. The molecule has 154 valence electrons. The number of para-hydroxylation sites is 1. The topological polar surface area (TPSA) is 40.6 Å². The van der Waals surface area contributed by atoms with Gasteiger partial charge in [-0.05, 0) is 48.7 Å². The largest absolute Gasteiger partial charge is 0.336 e. The number of halogens is 2. The molecule has 4 nitrogen and oxygen atoms in total. The number of nitrogens with zero attached hydrogens (tertiary/aromatic N) is 2. The molecule has 0 spiro atoms. The number of fused-ring (bicyclic) bond motifs is 1. The number of hydrogen-bond acceptors (Lipinski definition) is 3. The standard InChI is InChI=1S/C25H18Cl2N2O2/c1-15-6-8-17(9-7-15)22-23(28-13-12-16-4-2-3-5-20(16)28)25(31)29(24(22)30)21-14-18(26)10-11-19(21)27/h2-11,14H,12-13H2,1H3. The van der Waals surface area contributed by atoms with E-state index in [9.17, 15) is 9.59 Å². The average molecular weight is 449 g/mol. The van der Waals surface area contributed by atoms with Gasteiger partial charge in [-0.3, -0.25) is 9.59 Å². The molecule has 0 aromatic heterocycles. The number of anilines is 2. The Morgan fingerprint density at radius 3 is 2.35 bits per heavy atom. The fourth-order valence-electron chi connectivity index (χ4n) is 4.20. The third kappa shape index (κ3) is 3.23. The molecular weight excluding hydrogens is 431 g/mol. The third-order valence-electron chi connectivity index (χ3n) is 5.71. The number of benzene rings is 3. The van der Waals surface area contributed by atoms with E-state index >= 15 is 0 Å². The molecule has 2 amide bonds. The Labute approximate surface area is 190 Å². The highest BCUT2D eigenvalue weighted by atomic mass is 35.5. The first-order valence-electron chi connectivity index (χ1n) is 9.96. The lowest BCUT2D eigenvalue weighted by Crippen LogP contribution is -2.35. The molecular formula is C25H18Cl2N2O2. The summed E-state index contributed by atoms with van der Waals surface area (Å²) in [6.45, 7) is 2.61. The van der Waals surface area contributed by atoms with Crippen molar-refractivity contribution in [3.63, 3.8) is 0 Å². The van der Waals surface area contributed by atoms with Crippen LogP contribution in [-0.4, -0.2) is 18.4 Å². The molecule has 0 bridgehead atoms. The summed E-state index contributed by atoms with van der Waals surface area (Å²) in [4.78, 5) is 30.5. The van der Waals surface area contributed by atoms with E-state index in [0.717, 1.165) is 28.1 Å². The second kappa shape index (κ2) is 7.56. The van der Waals surface area contributed by atoms with Crippen LogP contribution >= 0.6 is 23.2 Å². The van der Waals surface area contributed by atoms with Gasteiger partial charge >= 0.3 is 0 Å². The van der Waals surface area contributed by atoms with Crippen LogP contribution in [-0.2, 0) is 16.0 Å². The normalized spacial score (nSPS) is 15.8. The Bertz CT molecular complexity index is 1260. The summed E-state index contributed by atoms with van der Waals surface area (Å²) < 4.78 is 0. The highest BCUT2D eigenvalue weighted by molar-refractivity contribution is 6.48. The first-order valence-corrected chi connectivity index (χ1v) is 10.7. The maximum atomic E-state index is 13.7. The van der Waals surface area contributed by atoms with E-state index in [1.54, 1.807) is 18.2 Å². The van der Waals surface area contributed by atoms with Crippen LogP contribution in [0.4, 0.5) is 11.4 Å². The SMILES string of the molecule is Cc1ccc(C2=C(N3CCc4ccccc43)C(=O)N(c3cc(Cl)ccc3Cl)C2=O)cc1. The maximum Gasteiger partial charge on any atom is 0.282 e. The molecule has 2 aliphatic rings. The van der Waals surface area contributed by atoms with Gasteiger partial charge in [0.15, 0.2) is 0 Å². The number of aryl methyl sites for hydroxylation is 1. The van der Waals surface area contributed by atoms with Crippen LogP contribution < -0.4 is 9.80 Å². The summed E-state index contributed by atoms with van der Waals surface area (Å²) >= 11 is 12.5. The van der Waals surface area contributed by atoms with E-state index in [2.05, 4.69) is 0 Å². The fraction of sp³-hybridized carbons (Fsp3) is 0.120. The van der Waals surface area contributed by atoms with Crippen molar-refractivity contribution in [2.24, 2.45) is 0 Å². The molecule has 2 aliphatic heterocycles. The number of rotatable bonds is 3. The minimum Gasteiger partial charge on any atom is -0.336 e. The van der Waals surface area contributed by atoms with Crippen molar-refractivity contribution >= 4 is 52.0 Å². The summed E-state index contributed by atoms with van der Waals surface area (Å²) in [5.41, 5.74) is 4.90. The van der Waals surface area contributed by atoms with E-state index in [-0.39, 0.29) is 10.7 Å². The van der Waals surface area contributed by atoms with Crippen molar-refractivity contribution in [3.8, 4) is 0 Å². The molecule has 2 heterocycles. The van der Waals surface area contributed by atoms with Gasteiger partial charge < -0.3 is 4.90 Å². The van der Waals surface area contributed by atoms with Crippen LogP contribution in [0.1, 0.15) is 16.7 Å². The number of amides is 2. The molecule has 3 aromatic rings. The van der Waals surface area contributed by atoms with Gasteiger partial charge in [0, 0.05) is 17.3 Å². The highest BCUT2D eigenvalue weighted by Crippen LogP contribution is 2.42. The summed E-state index contributed by atoms with van der Waals surface area (Å²) in [6, 6.07) is 20.3. The summed E-state index contributed by atoms with van der Waals surface area (Å²) in [5, 5.41) is 0.689. The van der Waals surface area contributed by atoms with Crippen LogP contribution in [0.2, 0.25) is 10.0 Å². The van der Waals surface area contributed by atoms with Gasteiger partial charge in [-0.15, -0.1) is 0 Å². The van der Waals surface area contributed by atoms with Crippen molar-refractivity contribution in [2.75, 3.05) is 16.3 Å². The third-order valence-corrected chi connectivity index (χ3v) is 6.26. The Hall–Kier alpha value is -3.08. The molecule has 6 heteroatoms. The summed E-state index contributed by atoms with van der Waals surface area (Å²) in [6.07, 6.45) is 0.806. The van der Waals surface area contributed by atoms with Crippen molar-refractivity contribution < 1.29 is 9.59 Å². The predicted molar refractivity (Wildman–Crippen MR) is 125 cm³/mol. The van der Waals surface area contributed by atoms with Gasteiger partial charge in [0.05, 0.1) is 16.3 Å². The second-order valence-electron chi connectivity index (χ2n) is 7.66. The van der Waals surface area contributed by atoms with Crippen LogP contribution in [0.15, 0.2) is 72.4 Å². The van der Waals surface area contributed by atoms with Crippen molar-refractivity contribution in [3.05, 3.63) is 99.2 Å². The van der Waals surface area contributed by atoms with Crippen molar-refractivity contribution in [1.82, 2.24) is 0 Å². The molecule has 0 aliphatic carbocycles. The van der Waals surface area contributed by atoms with Crippen molar-refractivity contribution in [1.29, 1.82) is 0 Å². The zero-order valence-electron chi connectivity index (χ0n) is 16.7. The lowest BCUT2D eigenvalue weighted by molar-refractivity contribution is -0.120. The zero-order chi connectivity index (χ0) is 21.7. The van der Waals surface area contributed by atoms with E-state index in [4.69, 9.17) is 23.2 Å². The molecule has 31 heavy (non-hydrogen) atoms.